The summed E-state index contributed by atoms with van der Waals surface area (Å²) in [6, 6.07) is 16.7. The summed E-state index contributed by atoms with van der Waals surface area (Å²) in [5, 5.41) is 9.27. The van der Waals surface area contributed by atoms with Crippen LogP contribution in [0.25, 0.3) is 0 Å². The molecule has 1 atom stereocenters. The van der Waals surface area contributed by atoms with Gasteiger partial charge in [-0.2, -0.15) is 5.26 Å². The van der Waals surface area contributed by atoms with E-state index in [0.717, 1.165) is 10.0 Å². The molecule has 0 aromatic heterocycles. The Morgan fingerprint density at radius 2 is 1.89 bits per heavy atom. The number of carbonyl (C=O) groups excluding carboxylic acids is 1. The van der Waals surface area contributed by atoms with Crippen molar-refractivity contribution >= 4 is 21.7 Å². The number of aryl methyl sites for hydroxylation is 1. The van der Waals surface area contributed by atoms with Crippen LogP contribution in [0.4, 0.5) is 0 Å². The van der Waals surface area contributed by atoms with Gasteiger partial charge in [0.25, 0.3) is 0 Å². The maximum absolute atomic E-state index is 12.4. The molecule has 0 N–H and O–H groups in total. The van der Waals surface area contributed by atoms with Crippen LogP contribution in [0.2, 0.25) is 0 Å². The molecule has 0 fully saturated rings. The summed E-state index contributed by atoms with van der Waals surface area (Å²) in [7, 11) is 0. The second-order valence-corrected chi connectivity index (χ2v) is 5.26. The number of halogens is 1. The lowest BCUT2D eigenvalue weighted by Crippen LogP contribution is -2.11. The van der Waals surface area contributed by atoms with Gasteiger partial charge in [0.2, 0.25) is 0 Å². The zero-order valence-electron chi connectivity index (χ0n) is 10.4. The molecule has 0 spiro atoms. The Hall–Kier alpha value is -1.92. The van der Waals surface area contributed by atoms with Gasteiger partial charge in [-0.15, -0.1) is 0 Å². The third-order valence-electron chi connectivity index (χ3n) is 2.91. The number of ketones is 1. The van der Waals surface area contributed by atoms with Gasteiger partial charge in [0.1, 0.15) is 5.92 Å². The maximum atomic E-state index is 12.4. The van der Waals surface area contributed by atoms with Crippen molar-refractivity contribution in [1.29, 1.82) is 5.26 Å². The van der Waals surface area contributed by atoms with Crippen LogP contribution in [-0.2, 0) is 0 Å². The Balaban J connectivity index is 2.35. The van der Waals surface area contributed by atoms with Crippen LogP contribution in [0.3, 0.4) is 0 Å². The smallest absolute Gasteiger partial charge is 0.184 e. The first-order chi connectivity index (χ1) is 9.11. The van der Waals surface area contributed by atoms with Crippen molar-refractivity contribution in [2.24, 2.45) is 0 Å². The van der Waals surface area contributed by atoms with E-state index >= 15 is 0 Å². The SMILES string of the molecule is Cc1ccc(C(=O)C(C#N)c2cccc(Br)c2)cc1. The molecule has 0 amide bonds. The lowest BCUT2D eigenvalue weighted by Gasteiger charge is -2.09. The molecule has 2 rings (SSSR count). The van der Waals surface area contributed by atoms with Crippen molar-refractivity contribution in [3.63, 3.8) is 0 Å². The summed E-state index contributed by atoms with van der Waals surface area (Å²) in [5.41, 5.74) is 2.37. The Bertz CT molecular complexity index is 641. The molecule has 0 aliphatic rings. The number of benzene rings is 2. The van der Waals surface area contributed by atoms with Crippen molar-refractivity contribution in [2.45, 2.75) is 12.8 Å². The summed E-state index contributed by atoms with van der Waals surface area (Å²) < 4.78 is 0.863. The highest BCUT2D eigenvalue weighted by Gasteiger charge is 2.21. The highest BCUT2D eigenvalue weighted by molar-refractivity contribution is 9.10. The fraction of sp³-hybridized carbons (Fsp3) is 0.125. The van der Waals surface area contributed by atoms with E-state index in [2.05, 4.69) is 22.0 Å². The minimum atomic E-state index is -0.764. The van der Waals surface area contributed by atoms with Crippen LogP contribution in [0.1, 0.15) is 27.4 Å². The highest BCUT2D eigenvalue weighted by Crippen LogP contribution is 2.23. The van der Waals surface area contributed by atoms with Crippen molar-refractivity contribution in [3.8, 4) is 6.07 Å². The lowest BCUT2D eigenvalue weighted by molar-refractivity contribution is 0.0979. The Morgan fingerprint density at radius 3 is 2.47 bits per heavy atom. The van der Waals surface area contributed by atoms with Crippen LogP contribution in [0.15, 0.2) is 53.0 Å². The number of nitrogens with zero attached hydrogens (tertiary/aromatic N) is 1. The summed E-state index contributed by atoms with van der Waals surface area (Å²) in [5.74, 6) is -0.930. The monoisotopic (exact) mass is 313 g/mol. The second kappa shape index (κ2) is 5.81. The maximum Gasteiger partial charge on any atom is 0.184 e. The first-order valence-electron chi connectivity index (χ1n) is 5.88. The molecule has 3 heteroatoms. The van der Waals surface area contributed by atoms with Gasteiger partial charge in [0.05, 0.1) is 6.07 Å². The van der Waals surface area contributed by atoms with Crippen molar-refractivity contribution in [1.82, 2.24) is 0 Å². The van der Waals surface area contributed by atoms with E-state index in [1.165, 1.54) is 0 Å². The number of carbonyl (C=O) groups is 1. The van der Waals surface area contributed by atoms with Crippen LogP contribution >= 0.6 is 15.9 Å². The number of hydrogen-bond acceptors (Lipinski definition) is 2. The molecular formula is C16H12BrNO. The van der Waals surface area contributed by atoms with Crippen molar-refractivity contribution in [2.75, 3.05) is 0 Å². The molecule has 2 nitrogen and oxygen atoms in total. The van der Waals surface area contributed by atoms with Gasteiger partial charge in [-0.1, -0.05) is 57.9 Å². The Morgan fingerprint density at radius 1 is 1.21 bits per heavy atom. The van der Waals surface area contributed by atoms with E-state index in [1.54, 1.807) is 24.3 Å². The fourth-order valence-electron chi connectivity index (χ4n) is 1.86. The quantitative estimate of drug-likeness (QED) is 0.795. The number of rotatable bonds is 3. The molecule has 0 bridgehead atoms. The first kappa shape index (κ1) is 13.5. The van der Waals surface area contributed by atoms with Crippen molar-refractivity contribution in [3.05, 3.63) is 69.7 Å². The standard InChI is InChI=1S/C16H12BrNO/c1-11-5-7-12(8-6-11)16(19)15(10-18)13-3-2-4-14(17)9-13/h2-9,15H,1H3. The predicted octanol–water partition coefficient (Wildman–Crippen LogP) is 4.25. The van der Waals surface area contributed by atoms with E-state index < -0.39 is 5.92 Å². The zero-order valence-corrected chi connectivity index (χ0v) is 12.0. The van der Waals surface area contributed by atoms with E-state index in [4.69, 9.17) is 0 Å². The van der Waals surface area contributed by atoms with Crippen LogP contribution < -0.4 is 0 Å². The molecule has 0 radical (unpaired) electrons. The minimum Gasteiger partial charge on any atom is -0.292 e. The third-order valence-corrected chi connectivity index (χ3v) is 3.40. The molecule has 0 aliphatic heterocycles. The summed E-state index contributed by atoms with van der Waals surface area (Å²) in [6.45, 7) is 1.96. The highest BCUT2D eigenvalue weighted by atomic mass is 79.9. The molecule has 0 saturated heterocycles. The Kier molecular flexibility index (Phi) is 4.13. The summed E-state index contributed by atoms with van der Waals surface area (Å²) in [6.07, 6.45) is 0. The minimum absolute atomic E-state index is 0.166. The molecule has 2 aromatic carbocycles. The van der Waals surface area contributed by atoms with Gasteiger partial charge in [0, 0.05) is 10.0 Å². The van der Waals surface area contributed by atoms with Crippen molar-refractivity contribution < 1.29 is 4.79 Å². The van der Waals surface area contributed by atoms with Gasteiger partial charge < -0.3 is 0 Å². The Labute approximate surface area is 120 Å². The first-order valence-corrected chi connectivity index (χ1v) is 6.67. The molecule has 94 valence electrons. The summed E-state index contributed by atoms with van der Waals surface area (Å²) in [4.78, 5) is 12.4. The van der Waals surface area contributed by atoms with Gasteiger partial charge in [-0.05, 0) is 24.6 Å². The number of hydrogen-bond donors (Lipinski definition) is 0. The molecule has 0 heterocycles. The summed E-state index contributed by atoms with van der Waals surface area (Å²) >= 11 is 3.35. The number of nitriles is 1. The third kappa shape index (κ3) is 3.10. The average Bonchev–Trinajstić information content (AvgIpc) is 2.40. The van der Waals surface area contributed by atoms with Gasteiger partial charge in [-0.25, -0.2) is 0 Å². The lowest BCUT2D eigenvalue weighted by atomic mass is 9.91. The normalized spacial score (nSPS) is 11.6. The predicted molar refractivity (Wildman–Crippen MR) is 78.0 cm³/mol. The van der Waals surface area contributed by atoms with Crippen LogP contribution in [-0.4, -0.2) is 5.78 Å². The topological polar surface area (TPSA) is 40.9 Å². The molecule has 2 aromatic rings. The van der Waals surface area contributed by atoms with Crippen LogP contribution in [0.5, 0.6) is 0 Å². The van der Waals surface area contributed by atoms with E-state index in [0.29, 0.717) is 11.1 Å². The fourth-order valence-corrected chi connectivity index (χ4v) is 2.27. The average molecular weight is 314 g/mol. The molecule has 0 saturated carbocycles. The van der Waals surface area contributed by atoms with Gasteiger partial charge in [-0.3, -0.25) is 4.79 Å². The van der Waals surface area contributed by atoms with E-state index in [9.17, 15) is 10.1 Å². The molecular weight excluding hydrogens is 302 g/mol. The van der Waals surface area contributed by atoms with Gasteiger partial charge in [0.15, 0.2) is 5.78 Å². The second-order valence-electron chi connectivity index (χ2n) is 4.35. The molecule has 19 heavy (non-hydrogen) atoms. The van der Waals surface area contributed by atoms with E-state index in [-0.39, 0.29) is 5.78 Å². The van der Waals surface area contributed by atoms with Crippen LogP contribution in [0, 0.1) is 18.3 Å². The largest absolute Gasteiger partial charge is 0.292 e. The van der Waals surface area contributed by atoms with Gasteiger partial charge >= 0.3 is 0 Å². The zero-order chi connectivity index (χ0) is 13.8. The molecule has 0 aliphatic carbocycles. The number of Topliss-reactive ketones (excluding diaryl/α,β-unsaturated/α-hetero) is 1. The van der Waals surface area contributed by atoms with E-state index in [1.807, 2.05) is 31.2 Å². The molecule has 1 unspecified atom stereocenters.